The number of fused-ring (bicyclic) bond motifs is 3. The van der Waals surface area contributed by atoms with Gasteiger partial charge in [-0.05, 0) is 50.7 Å². The van der Waals surface area contributed by atoms with Gasteiger partial charge in [0, 0.05) is 36.0 Å². The van der Waals surface area contributed by atoms with Crippen LogP contribution in [0.3, 0.4) is 0 Å². The number of thioether (sulfide) groups is 1. The van der Waals surface area contributed by atoms with E-state index in [1.54, 1.807) is 18.2 Å². The molecule has 16 nitrogen and oxygen atoms in total. The number of benzene rings is 1. The van der Waals surface area contributed by atoms with Gasteiger partial charge in [-0.1, -0.05) is 32.0 Å². The second kappa shape index (κ2) is 17.5. The zero-order valence-corrected chi connectivity index (χ0v) is 29.9. The molecule has 51 heavy (non-hydrogen) atoms. The fourth-order valence-corrected chi connectivity index (χ4v) is 7.11. The average Bonchev–Trinajstić information content (AvgIpc) is 3.41. The van der Waals surface area contributed by atoms with Crippen molar-refractivity contribution in [3.8, 4) is 0 Å². The molecule has 4 rings (SSSR count). The number of piperidine rings is 1. The standard InChI is InChI=1S/C34H47N7O9S/c1-17(2)13-23-30(46)35-18(3)29(45)40-28(19(4)42)32(48)38-25(34(49)50)16-51-33-21(20-9-5-6-10-22(20)39-33)14-24(31(47)37-23)36-26(43)15-41-12-8-7-11-27(41)44/h5-6,9-10,17-19,23-25,28,39,42H,7-8,11-16H2,1-4H3,(H,35,46)(H,36,43)(H,37,47)(H,38,48)(H,40,45)(H,49,50)/t18-,19-,23+,24+,25+,28+/m1/s1. The Morgan fingerprint density at radius 2 is 1.69 bits per heavy atom. The third-order valence-corrected chi connectivity index (χ3v) is 9.89. The Balaban J connectivity index is 1.76. The van der Waals surface area contributed by atoms with Crippen molar-refractivity contribution < 1.29 is 43.8 Å². The van der Waals surface area contributed by atoms with E-state index in [4.69, 9.17) is 0 Å². The summed E-state index contributed by atoms with van der Waals surface area (Å²) in [5, 5.41) is 34.3. The molecule has 2 aromatic rings. The number of amides is 6. The number of carboxylic acids is 1. The van der Waals surface area contributed by atoms with Crippen LogP contribution in [-0.4, -0.2) is 117 Å². The topological polar surface area (TPSA) is 239 Å². The lowest BCUT2D eigenvalue weighted by Crippen LogP contribution is -2.60. The number of rotatable bonds is 7. The summed E-state index contributed by atoms with van der Waals surface area (Å²) in [6, 6.07) is 0.592. The molecule has 278 valence electrons. The molecule has 0 aliphatic carbocycles. The molecule has 17 heteroatoms. The Labute approximate surface area is 299 Å². The number of carbonyl (C=O) groups excluding carboxylic acids is 6. The van der Waals surface area contributed by atoms with Crippen molar-refractivity contribution in [1.29, 1.82) is 0 Å². The molecule has 1 fully saturated rings. The normalized spacial score (nSPS) is 25.1. The zero-order valence-electron chi connectivity index (χ0n) is 29.1. The number of H-pyrrole nitrogens is 1. The monoisotopic (exact) mass is 729 g/mol. The van der Waals surface area contributed by atoms with Gasteiger partial charge in [0.2, 0.25) is 35.4 Å². The molecule has 2 aliphatic rings. The van der Waals surface area contributed by atoms with Crippen molar-refractivity contribution in [2.75, 3.05) is 18.8 Å². The third kappa shape index (κ3) is 10.4. The van der Waals surface area contributed by atoms with Crippen LogP contribution in [0, 0.1) is 5.92 Å². The molecule has 6 atom stereocenters. The van der Waals surface area contributed by atoms with Crippen molar-refractivity contribution in [2.24, 2.45) is 5.92 Å². The van der Waals surface area contributed by atoms with E-state index in [-0.39, 0.29) is 37.0 Å². The van der Waals surface area contributed by atoms with E-state index in [9.17, 15) is 43.8 Å². The number of likely N-dealkylation sites (tertiary alicyclic amines) is 1. The number of hydrogen-bond donors (Lipinski definition) is 8. The smallest absolute Gasteiger partial charge is 0.327 e. The first-order chi connectivity index (χ1) is 24.1. The van der Waals surface area contributed by atoms with Gasteiger partial charge in [-0.2, -0.15) is 0 Å². The van der Waals surface area contributed by atoms with Crippen LogP contribution in [0.25, 0.3) is 10.9 Å². The highest BCUT2D eigenvalue weighted by Gasteiger charge is 2.35. The Hall–Kier alpha value is -4.64. The molecule has 3 heterocycles. The predicted molar refractivity (Wildman–Crippen MR) is 187 cm³/mol. The van der Waals surface area contributed by atoms with E-state index in [1.807, 2.05) is 19.9 Å². The van der Waals surface area contributed by atoms with Crippen molar-refractivity contribution in [3.63, 3.8) is 0 Å². The number of hydrogen-bond acceptors (Lipinski definition) is 9. The minimum Gasteiger partial charge on any atom is -0.480 e. The van der Waals surface area contributed by atoms with Gasteiger partial charge in [-0.15, -0.1) is 11.8 Å². The Bertz CT molecular complexity index is 1640. The Morgan fingerprint density at radius 1 is 0.961 bits per heavy atom. The van der Waals surface area contributed by atoms with E-state index in [0.29, 0.717) is 34.5 Å². The lowest BCUT2D eigenvalue weighted by Gasteiger charge is -2.29. The fourth-order valence-electron chi connectivity index (χ4n) is 6.00. The Morgan fingerprint density at radius 3 is 2.35 bits per heavy atom. The van der Waals surface area contributed by atoms with E-state index < -0.39 is 71.8 Å². The highest BCUT2D eigenvalue weighted by Crippen LogP contribution is 2.31. The molecule has 0 radical (unpaired) electrons. The number of para-hydroxylation sites is 1. The summed E-state index contributed by atoms with van der Waals surface area (Å²) in [5.41, 5.74) is 1.25. The molecule has 1 aromatic heterocycles. The molecule has 8 N–H and O–H groups in total. The number of aliphatic carboxylic acids is 1. The van der Waals surface area contributed by atoms with Crippen molar-refractivity contribution in [2.45, 2.75) is 101 Å². The predicted octanol–water partition coefficient (Wildman–Crippen LogP) is -0.216. The van der Waals surface area contributed by atoms with Gasteiger partial charge >= 0.3 is 5.97 Å². The van der Waals surface area contributed by atoms with Crippen LogP contribution in [0.15, 0.2) is 29.3 Å². The van der Waals surface area contributed by atoms with Crippen LogP contribution in [0.1, 0.15) is 58.9 Å². The maximum Gasteiger partial charge on any atom is 0.327 e. The summed E-state index contributed by atoms with van der Waals surface area (Å²) >= 11 is 1.06. The molecule has 0 spiro atoms. The SMILES string of the molecule is CC(C)C[C@@H]1NC(=O)[C@@H](NC(=O)CN2CCCCC2=O)Cc2c([nH]c3ccccc23)SC[C@@H](C(=O)O)NC(=O)[C@H]([C@@H](C)O)NC(=O)[C@@H](C)NC1=O. The first-order valence-electron chi connectivity index (χ1n) is 17.1. The number of aliphatic hydroxyl groups is 1. The number of aromatic amines is 1. The maximum absolute atomic E-state index is 14.1. The van der Waals surface area contributed by atoms with Gasteiger partial charge in [0.25, 0.3) is 0 Å². The molecule has 0 unspecified atom stereocenters. The van der Waals surface area contributed by atoms with Gasteiger partial charge in [-0.25, -0.2) is 4.79 Å². The molecular weight excluding hydrogens is 682 g/mol. The largest absolute Gasteiger partial charge is 0.480 e. The number of carbonyl (C=O) groups is 7. The first-order valence-corrected chi connectivity index (χ1v) is 18.0. The molecular formula is C34H47N7O9S. The van der Waals surface area contributed by atoms with Crippen molar-refractivity contribution in [1.82, 2.24) is 36.5 Å². The fraction of sp³-hybridized carbons (Fsp3) is 0.559. The number of nitrogens with zero attached hydrogens (tertiary/aromatic N) is 1. The minimum atomic E-state index is -1.54. The minimum absolute atomic E-state index is 0.0803. The molecule has 6 amide bonds. The molecule has 0 saturated carbocycles. The summed E-state index contributed by atoms with van der Waals surface area (Å²) < 4.78 is 0. The number of aromatic nitrogens is 1. The van der Waals surface area contributed by atoms with Crippen LogP contribution >= 0.6 is 11.8 Å². The first kappa shape index (κ1) is 39.2. The zero-order chi connectivity index (χ0) is 37.4. The number of nitrogens with one attached hydrogen (secondary N) is 6. The van der Waals surface area contributed by atoms with E-state index in [2.05, 4.69) is 31.6 Å². The van der Waals surface area contributed by atoms with Gasteiger partial charge in [-0.3, -0.25) is 28.8 Å². The second-order valence-electron chi connectivity index (χ2n) is 13.4. The van der Waals surface area contributed by atoms with Gasteiger partial charge in [0.05, 0.1) is 17.7 Å². The van der Waals surface area contributed by atoms with E-state index in [0.717, 1.165) is 24.6 Å². The quantitative estimate of drug-likeness (QED) is 0.187. The molecule has 0 bridgehead atoms. The summed E-state index contributed by atoms with van der Waals surface area (Å²) in [5.74, 6) is -5.52. The van der Waals surface area contributed by atoms with Gasteiger partial charge in [0.15, 0.2) is 0 Å². The summed E-state index contributed by atoms with van der Waals surface area (Å²) in [6.07, 6.45) is 0.485. The lowest BCUT2D eigenvalue weighted by molar-refractivity contribution is -0.142. The van der Waals surface area contributed by atoms with Crippen LogP contribution in [0.2, 0.25) is 0 Å². The van der Waals surface area contributed by atoms with Gasteiger partial charge in [0.1, 0.15) is 30.2 Å². The number of carboxylic acid groups (broad SMARTS) is 1. The summed E-state index contributed by atoms with van der Waals surface area (Å²) in [6.45, 7) is 6.47. The average molecular weight is 730 g/mol. The lowest BCUT2D eigenvalue weighted by atomic mass is 10.0. The van der Waals surface area contributed by atoms with E-state index in [1.165, 1.54) is 18.7 Å². The second-order valence-corrected chi connectivity index (χ2v) is 14.5. The molecule has 1 saturated heterocycles. The summed E-state index contributed by atoms with van der Waals surface area (Å²) in [7, 11) is 0. The molecule has 2 aliphatic heterocycles. The van der Waals surface area contributed by atoms with Crippen LogP contribution < -0.4 is 26.6 Å². The van der Waals surface area contributed by atoms with Crippen LogP contribution in [0.4, 0.5) is 0 Å². The third-order valence-electron chi connectivity index (χ3n) is 8.75. The molecule has 1 aromatic carbocycles. The van der Waals surface area contributed by atoms with Crippen LogP contribution in [0.5, 0.6) is 0 Å². The maximum atomic E-state index is 14.1. The van der Waals surface area contributed by atoms with Crippen molar-refractivity contribution in [3.05, 3.63) is 29.8 Å². The van der Waals surface area contributed by atoms with Gasteiger partial charge < -0.3 is 46.7 Å². The Kier molecular flexibility index (Phi) is 13.5. The van der Waals surface area contributed by atoms with Crippen molar-refractivity contribution >= 4 is 64.1 Å². The highest BCUT2D eigenvalue weighted by atomic mass is 32.2. The van der Waals surface area contributed by atoms with E-state index >= 15 is 0 Å². The highest BCUT2D eigenvalue weighted by molar-refractivity contribution is 7.99. The van der Waals surface area contributed by atoms with Crippen LogP contribution in [-0.2, 0) is 40.0 Å². The number of aliphatic hydroxyl groups excluding tert-OH is 1. The summed E-state index contributed by atoms with van der Waals surface area (Å²) in [4.78, 5) is 96.8.